The van der Waals surface area contributed by atoms with E-state index >= 15 is 0 Å². The summed E-state index contributed by atoms with van der Waals surface area (Å²) in [6.45, 7) is 2.09. The van der Waals surface area contributed by atoms with E-state index in [9.17, 15) is 4.39 Å². The van der Waals surface area contributed by atoms with Crippen LogP contribution in [0.15, 0.2) is 0 Å². The predicted molar refractivity (Wildman–Crippen MR) is 36.6 cm³/mol. The lowest BCUT2D eigenvalue weighted by Gasteiger charge is -2.35. The largest absolute Gasteiger partial charge is 0.247 e. The van der Waals surface area contributed by atoms with Crippen LogP contribution < -0.4 is 0 Å². The zero-order chi connectivity index (χ0) is 5.49. The molecule has 0 heterocycles. The topological polar surface area (TPSA) is 0 Å². The zero-order valence-corrected chi connectivity index (χ0v) is 6.40. The molecule has 1 fully saturated rings. The molecule has 0 spiro atoms. The van der Waals surface area contributed by atoms with E-state index in [1.807, 2.05) is 0 Å². The number of hydrogen-bond acceptors (Lipinski definition) is 0. The molecule has 0 unspecified atom stereocenters. The molecule has 1 aliphatic rings. The Hall–Kier alpha value is 0.660. The molecule has 0 radical (unpaired) electrons. The summed E-state index contributed by atoms with van der Waals surface area (Å²) in [5, 5.41) is 0. The van der Waals surface area contributed by atoms with Crippen molar-refractivity contribution >= 4 is 22.6 Å². The van der Waals surface area contributed by atoms with E-state index in [0.717, 1.165) is 12.8 Å². The standard InChI is InChI=1S/C5H8FI/c1-5(7)2-4(6)3-5/h4H,2-3H2,1H3. The third-order valence-corrected chi connectivity index (χ3v) is 2.18. The molecule has 0 amide bonds. The Kier molecular flexibility index (Phi) is 1.30. The Morgan fingerprint density at radius 3 is 2.14 bits per heavy atom. The maximum atomic E-state index is 12.0. The Bertz CT molecular complexity index is 72.1. The lowest BCUT2D eigenvalue weighted by atomic mass is 9.85. The van der Waals surface area contributed by atoms with Gasteiger partial charge < -0.3 is 0 Å². The lowest BCUT2D eigenvalue weighted by molar-refractivity contribution is 0.178. The smallest absolute Gasteiger partial charge is 0.103 e. The Balaban J connectivity index is 2.29. The van der Waals surface area contributed by atoms with Crippen molar-refractivity contribution in [2.24, 2.45) is 0 Å². The highest BCUT2D eigenvalue weighted by molar-refractivity contribution is 14.1. The summed E-state index contributed by atoms with van der Waals surface area (Å²) < 4.78 is 12.3. The van der Waals surface area contributed by atoms with Crippen LogP contribution in [0.3, 0.4) is 0 Å². The molecule has 0 aromatic carbocycles. The Morgan fingerprint density at radius 2 is 2.14 bits per heavy atom. The van der Waals surface area contributed by atoms with Crippen LogP contribution in [0.1, 0.15) is 19.8 Å². The van der Waals surface area contributed by atoms with Gasteiger partial charge in [0.2, 0.25) is 0 Å². The minimum absolute atomic E-state index is 0.289. The van der Waals surface area contributed by atoms with E-state index < -0.39 is 6.17 Å². The highest BCUT2D eigenvalue weighted by Gasteiger charge is 2.37. The first-order valence-corrected chi connectivity index (χ1v) is 3.51. The molecule has 1 rings (SSSR count). The molecule has 0 bridgehead atoms. The molecular formula is C5H8FI. The van der Waals surface area contributed by atoms with Gasteiger partial charge in [0.15, 0.2) is 0 Å². The summed E-state index contributed by atoms with van der Waals surface area (Å²) in [6, 6.07) is 0. The van der Waals surface area contributed by atoms with Gasteiger partial charge in [-0.3, -0.25) is 0 Å². The summed E-state index contributed by atoms with van der Waals surface area (Å²) in [4.78, 5) is 0. The van der Waals surface area contributed by atoms with Crippen molar-refractivity contribution in [2.45, 2.75) is 29.4 Å². The first-order valence-electron chi connectivity index (χ1n) is 2.43. The van der Waals surface area contributed by atoms with Crippen LogP contribution in [0.5, 0.6) is 0 Å². The molecule has 0 atom stereocenters. The molecule has 0 nitrogen and oxygen atoms in total. The fourth-order valence-electron chi connectivity index (χ4n) is 0.864. The third kappa shape index (κ3) is 1.27. The molecule has 7 heavy (non-hydrogen) atoms. The molecule has 1 aliphatic carbocycles. The SMILES string of the molecule is CC1(I)CC(F)C1. The van der Waals surface area contributed by atoms with Crippen LogP contribution in [-0.4, -0.2) is 9.59 Å². The molecule has 42 valence electrons. The van der Waals surface area contributed by atoms with Crippen molar-refractivity contribution in [3.63, 3.8) is 0 Å². The van der Waals surface area contributed by atoms with Gasteiger partial charge in [0, 0.05) is 3.42 Å². The van der Waals surface area contributed by atoms with Gasteiger partial charge in [-0.2, -0.15) is 0 Å². The summed E-state index contributed by atoms with van der Waals surface area (Å²) >= 11 is 2.30. The van der Waals surface area contributed by atoms with Gasteiger partial charge >= 0.3 is 0 Å². The summed E-state index contributed by atoms with van der Waals surface area (Å²) in [7, 11) is 0. The van der Waals surface area contributed by atoms with Crippen molar-refractivity contribution < 1.29 is 4.39 Å². The van der Waals surface area contributed by atoms with E-state index in [0.29, 0.717) is 0 Å². The average Bonchev–Trinajstić information content (AvgIpc) is 1.27. The van der Waals surface area contributed by atoms with Crippen molar-refractivity contribution in [1.29, 1.82) is 0 Å². The van der Waals surface area contributed by atoms with E-state index in [2.05, 4.69) is 29.5 Å². The maximum Gasteiger partial charge on any atom is 0.103 e. The van der Waals surface area contributed by atoms with Crippen molar-refractivity contribution in [2.75, 3.05) is 0 Å². The van der Waals surface area contributed by atoms with Gasteiger partial charge in [-0.05, 0) is 12.8 Å². The number of alkyl halides is 2. The van der Waals surface area contributed by atoms with Gasteiger partial charge in [0.25, 0.3) is 0 Å². The van der Waals surface area contributed by atoms with Gasteiger partial charge in [-0.1, -0.05) is 29.5 Å². The van der Waals surface area contributed by atoms with E-state index in [1.54, 1.807) is 0 Å². The molecule has 2 heteroatoms. The van der Waals surface area contributed by atoms with Crippen LogP contribution in [0.25, 0.3) is 0 Å². The second-order valence-electron chi connectivity index (χ2n) is 2.42. The maximum absolute atomic E-state index is 12.0. The van der Waals surface area contributed by atoms with Crippen LogP contribution in [0.4, 0.5) is 4.39 Å². The van der Waals surface area contributed by atoms with Crippen LogP contribution in [0, 0.1) is 0 Å². The Labute approximate surface area is 56.6 Å². The molecule has 1 saturated carbocycles. The van der Waals surface area contributed by atoms with Gasteiger partial charge in [0.1, 0.15) is 6.17 Å². The second-order valence-corrected chi connectivity index (χ2v) is 5.02. The third-order valence-electron chi connectivity index (χ3n) is 1.29. The minimum Gasteiger partial charge on any atom is -0.247 e. The summed E-state index contributed by atoms with van der Waals surface area (Å²) in [5.41, 5.74) is 0. The quantitative estimate of drug-likeness (QED) is 0.428. The van der Waals surface area contributed by atoms with Crippen molar-refractivity contribution in [1.82, 2.24) is 0 Å². The average molecular weight is 214 g/mol. The molecule has 0 aliphatic heterocycles. The predicted octanol–water partition coefficient (Wildman–Crippen LogP) is 2.31. The first-order chi connectivity index (χ1) is 3.10. The molecule has 0 aromatic heterocycles. The highest BCUT2D eigenvalue weighted by Crippen LogP contribution is 2.41. The van der Waals surface area contributed by atoms with Gasteiger partial charge in [-0.15, -0.1) is 0 Å². The van der Waals surface area contributed by atoms with Gasteiger partial charge in [0.05, 0.1) is 0 Å². The Morgan fingerprint density at radius 1 is 1.71 bits per heavy atom. The van der Waals surface area contributed by atoms with Crippen LogP contribution in [-0.2, 0) is 0 Å². The van der Waals surface area contributed by atoms with E-state index in [-0.39, 0.29) is 3.42 Å². The minimum atomic E-state index is -0.498. The monoisotopic (exact) mass is 214 g/mol. The van der Waals surface area contributed by atoms with E-state index in [1.165, 1.54) is 0 Å². The number of hydrogen-bond donors (Lipinski definition) is 0. The van der Waals surface area contributed by atoms with Gasteiger partial charge in [-0.25, -0.2) is 4.39 Å². The zero-order valence-electron chi connectivity index (χ0n) is 4.25. The fourth-order valence-corrected chi connectivity index (χ4v) is 1.82. The fraction of sp³-hybridized carbons (Fsp3) is 1.00. The normalized spacial score (nSPS) is 51.0. The molecule has 0 aromatic rings. The van der Waals surface area contributed by atoms with Crippen LogP contribution in [0.2, 0.25) is 0 Å². The lowest BCUT2D eigenvalue weighted by Crippen LogP contribution is -2.36. The molecule has 0 N–H and O–H groups in total. The first kappa shape index (κ1) is 5.79. The summed E-state index contributed by atoms with van der Waals surface area (Å²) in [6.07, 6.45) is 1.02. The molecule has 0 saturated heterocycles. The van der Waals surface area contributed by atoms with Crippen LogP contribution >= 0.6 is 22.6 Å². The van der Waals surface area contributed by atoms with Crippen molar-refractivity contribution in [3.05, 3.63) is 0 Å². The van der Waals surface area contributed by atoms with E-state index in [4.69, 9.17) is 0 Å². The molecular weight excluding hydrogens is 206 g/mol. The van der Waals surface area contributed by atoms with Crippen molar-refractivity contribution in [3.8, 4) is 0 Å². The number of rotatable bonds is 0. The second kappa shape index (κ2) is 1.57. The highest BCUT2D eigenvalue weighted by atomic mass is 127. The number of halogens is 2. The summed E-state index contributed by atoms with van der Waals surface area (Å²) in [5.74, 6) is 0.